The first-order valence-corrected chi connectivity index (χ1v) is 14.1. The molecule has 0 aliphatic carbocycles. The summed E-state index contributed by atoms with van der Waals surface area (Å²) in [6.45, 7) is 4.89. The number of rotatable bonds is 6. The lowest BCUT2D eigenvalue weighted by Crippen LogP contribution is -2.57. The number of Topliss-reactive ketones (excluding diaryl/α,β-unsaturated/α-hetero) is 1. The van der Waals surface area contributed by atoms with Crippen LogP contribution in [0.1, 0.15) is 33.8 Å². The molecular weight excluding hydrogens is 544 g/mol. The van der Waals surface area contributed by atoms with Crippen molar-refractivity contribution in [3.63, 3.8) is 0 Å². The number of aromatic nitrogens is 5. The maximum absolute atomic E-state index is 13.6. The summed E-state index contributed by atoms with van der Waals surface area (Å²) in [6, 6.07) is 8.81. The Morgan fingerprint density at radius 1 is 1.12 bits per heavy atom. The number of carbonyl (C=O) groups excluding carboxylic acids is 3. The number of methoxy groups -OCH3 is 1. The molecule has 210 valence electrons. The van der Waals surface area contributed by atoms with Crippen molar-refractivity contribution < 1.29 is 19.1 Å². The van der Waals surface area contributed by atoms with Crippen LogP contribution in [0.15, 0.2) is 41.9 Å². The number of H-pyrrole nitrogens is 1. The predicted molar refractivity (Wildman–Crippen MR) is 152 cm³/mol. The molecule has 41 heavy (non-hydrogen) atoms. The highest BCUT2D eigenvalue weighted by molar-refractivity contribution is 7.09. The molecule has 6 rings (SSSR count). The van der Waals surface area contributed by atoms with Gasteiger partial charge in [-0.2, -0.15) is 5.10 Å². The fraction of sp³-hybridized carbons (Fsp3) is 0.321. The maximum atomic E-state index is 13.6. The molecule has 1 saturated heterocycles. The number of nitrogens with zero attached hydrogens (tertiary/aromatic N) is 6. The number of ketones is 1. The van der Waals surface area contributed by atoms with Gasteiger partial charge in [0.25, 0.3) is 11.8 Å². The molecule has 1 aromatic carbocycles. The molecule has 1 fully saturated rings. The zero-order valence-corrected chi connectivity index (χ0v) is 23.6. The quantitative estimate of drug-likeness (QED) is 0.333. The third kappa shape index (κ3) is 4.82. The molecule has 2 amide bonds. The maximum Gasteiger partial charge on any atom is 0.290 e. The van der Waals surface area contributed by atoms with Crippen LogP contribution in [0.2, 0.25) is 0 Å². The lowest BCUT2D eigenvalue weighted by atomic mass is 9.94. The lowest BCUT2D eigenvalue weighted by Gasteiger charge is -2.39. The number of carbonyl (C=O) groups is 3. The first-order chi connectivity index (χ1) is 19.9. The van der Waals surface area contributed by atoms with E-state index in [1.807, 2.05) is 37.4 Å². The van der Waals surface area contributed by atoms with E-state index < -0.39 is 17.6 Å². The summed E-state index contributed by atoms with van der Waals surface area (Å²) in [4.78, 5) is 56.9. The number of hydrogen-bond donors (Lipinski definition) is 2. The Bertz CT molecular complexity index is 1630. The SMILES string of the molecule is COc1cnc(-c2nc(-c3csc(C)n3)n[nH]2)c2c1C(C(=O)C(=O)N1CCN(C(=O)c3ccccc3)C(C)C1)CN2. The number of piperazine rings is 1. The Kier molecular flexibility index (Phi) is 6.95. The Morgan fingerprint density at radius 2 is 1.93 bits per heavy atom. The zero-order chi connectivity index (χ0) is 28.7. The van der Waals surface area contributed by atoms with Gasteiger partial charge in [0.2, 0.25) is 11.6 Å². The van der Waals surface area contributed by atoms with Crippen LogP contribution in [-0.2, 0) is 9.59 Å². The molecule has 2 unspecified atom stereocenters. The standard InChI is InChI=1S/C28H28N8O4S/c1-15-13-35(9-10-36(15)27(38)17-7-5-4-6-8-17)28(39)24(37)18-11-29-22-21(18)20(40-3)12-30-23(22)26-32-25(33-34-26)19-14-41-16(2)31-19/h4-8,12,14-15,18,29H,9-11,13H2,1-3H3,(H,32,33,34). The van der Waals surface area contributed by atoms with E-state index in [-0.39, 0.29) is 31.6 Å². The molecular formula is C28H28N8O4S. The third-order valence-electron chi connectivity index (χ3n) is 7.42. The smallest absolute Gasteiger partial charge is 0.290 e. The van der Waals surface area contributed by atoms with Gasteiger partial charge in [0.15, 0.2) is 5.82 Å². The Morgan fingerprint density at radius 3 is 2.63 bits per heavy atom. The second-order valence-electron chi connectivity index (χ2n) is 9.99. The van der Waals surface area contributed by atoms with Gasteiger partial charge in [0, 0.05) is 48.7 Å². The average molecular weight is 573 g/mol. The molecule has 3 aromatic heterocycles. The lowest BCUT2D eigenvalue weighted by molar-refractivity contribution is -0.146. The highest BCUT2D eigenvalue weighted by Crippen LogP contribution is 2.43. The van der Waals surface area contributed by atoms with E-state index in [2.05, 4.69) is 30.5 Å². The van der Waals surface area contributed by atoms with Gasteiger partial charge in [0.05, 0.1) is 29.9 Å². The summed E-state index contributed by atoms with van der Waals surface area (Å²) in [5.74, 6) is -0.725. The van der Waals surface area contributed by atoms with Crippen LogP contribution in [0, 0.1) is 6.92 Å². The summed E-state index contributed by atoms with van der Waals surface area (Å²) in [7, 11) is 1.50. The zero-order valence-electron chi connectivity index (χ0n) is 22.7. The van der Waals surface area contributed by atoms with Gasteiger partial charge in [-0.3, -0.25) is 19.5 Å². The highest BCUT2D eigenvalue weighted by Gasteiger charge is 2.41. The van der Waals surface area contributed by atoms with E-state index in [1.165, 1.54) is 29.5 Å². The molecule has 12 nitrogen and oxygen atoms in total. The van der Waals surface area contributed by atoms with E-state index in [1.54, 1.807) is 17.0 Å². The van der Waals surface area contributed by atoms with Gasteiger partial charge in [0.1, 0.15) is 17.1 Å². The van der Waals surface area contributed by atoms with Crippen LogP contribution in [0.25, 0.3) is 23.0 Å². The fourth-order valence-electron chi connectivity index (χ4n) is 5.35. The second-order valence-corrected chi connectivity index (χ2v) is 11.0. The number of amides is 2. The van der Waals surface area contributed by atoms with Crippen molar-refractivity contribution >= 4 is 34.6 Å². The first-order valence-electron chi connectivity index (χ1n) is 13.2. The van der Waals surface area contributed by atoms with Crippen LogP contribution >= 0.6 is 11.3 Å². The van der Waals surface area contributed by atoms with Crippen LogP contribution in [0.3, 0.4) is 0 Å². The fourth-order valence-corrected chi connectivity index (χ4v) is 5.94. The summed E-state index contributed by atoms with van der Waals surface area (Å²) < 4.78 is 5.55. The van der Waals surface area contributed by atoms with Gasteiger partial charge in [-0.05, 0) is 26.0 Å². The van der Waals surface area contributed by atoms with Crippen molar-refractivity contribution in [2.75, 3.05) is 38.6 Å². The second kappa shape index (κ2) is 10.7. The third-order valence-corrected chi connectivity index (χ3v) is 8.19. The Hall–Kier alpha value is -4.65. The minimum Gasteiger partial charge on any atom is -0.495 e. The van der Waals surface area contributed by atoms with Gasteiger partial charge >= 0.3 is 0 Å². The number of pyridine rings is 1. The van der Waals surface area contributed by atoms with Crippen LogP contribution in [0.4, 0.5) is 5.69 Å². The molecule has 13 heteroatoms. The predicted octanol–water partition coefficient (Wildman–Crippen LogP) is 2.76. The normalized spacial score (nSPS) is 18.1. The summed E-state index contributed by atoms with van der Waals surface area (Å²) in [5, 5.41) is 13.2. The number of thiazole rings is 1. The number of fused-ring (bicyclic) bond motifs is 1. The van der Waals surface area contributed by atoms with Crippen molar-refractivity contribution in [3.8, 4) is 28.8 Å². The number of anilines is 1. The minimum atomic E-state index is -0.767. The van der Waals surface area contributed by atoms with Gasteiger partial charge in [-0.1, -0.05) is 18.2 Å². The van der Waals surface area contributed by atoms with Crippen LogP contribution < -0.4 is 10.1 Å². The number of aromatic amines is 1. The number of aryl methyl sites for hydroxylation is 1. The molecule has 2 atom stereocenters. The summed E-state index contributed by atoms with van der Waals surface area (Å²) in [5.41, 5.74) is 2.85. The molecule has 4 aromatic rings. The molecule has 5 heterocycles. The molecule has 2 aliphatic rings. The number of nitrogens with one attached hydrogen (secondary N) is 2. The van der Waals surface area contributed by atoms with Crippen molar-refractivity contribution in [1.29, 1.82) is 0 Å². The molecule has 2 aliphatic heterocycles. The highest BCUT2D eigenvalue weighted by atomic mass is 32.1. The van der Waals surface area contributed by atoms with Gasteiger partial charge in [-0.15, -0.1) is 11.3 Å². The van der Waals surface area contributed by atoms with Crippen LogP contribution in [0.5, 0.6) is 5.75 Å². The molecule has 0 spiro atoms. The number of ether oxygens (including phenoxy) is 1. The number of hydrogen-bond acceptors (Lipinski definition) is 10. The van der Waals surface area contributed by atoms with Gasteiger partial charge < -0.3 is 19.9 Å². The number of benzene rings is 1. The minimum absolute atomic E-state index is 0.0873. The molecule has 2 N–H and O–H groups in total. The summed E-state index contributed by atoms with van der Waals surface area (Å²) >= 11 is 1.51. The van der Waals surface area contributed by atoms with E-state index >= 15 is 0 Å². The molecule has 0 bridgehead atoms. The van der Waals surface area contributed by atoms with E-state index in [9.17, 15) is 14.4 Å². The van der Waals surface area contributed by atoms with Gasteiger partial charge in [-0.25, -0.2) is 15.0 Å². The van der Waals surface area contributed by atoms with E-state index in [0.29, 0.717) is 52.1 Å². The largest absolute Gasteiger partial charge is 0.495 e. The topological polar surface area (TPSA) is 146 Å². The Labute approximate surface area is 239 Å². The molecule has 0 radical (unpaired) electrons. The van der Waals surface area contributed by atoms with Crippen molar-refractivity contribution in [3.05, 3.63) is 58.0 Å². The molecule has 0 saturated carbocycles. The van der Waals surface area contributed by atoms with Crippen LogP contribution in [-0.4, -0.2) is 91.9 Å². The van der Waals surface area contributed by atoms with E-state index in [0.717, 1.165) is 5.01 Å². The van der Waals surface area contributed by atoms with Crippen molar-refractivity contribution in [2.24, 2.45) is 0 Å². The Balaban J connectivity index is 1.21. The average Bonchev–Trinajstić information content (AvgIpc) is 3.76. The summed E-state index contributed by atoms with van der Waals surface area (Å²) in [6.07, 6.45) is 1.52. The monoisotopic (exact) mass is 572 g/mol. The van der Waals surface area contributed by atoms with E-state index in [4.69, 9.17) is 4.74 Å². The van der Waals surface area contributed by atoms with Crippen molar-refractivity contribution in [2.45, 2.75) is 25.8 Å². The van der Waals surface area contributed by atoms with Crippen molar-refractivity contribution in [1.82, 2.24) is 34.9 Å². The first kappa shape index (κ1) is 26.6.